The number of ether oxygens (including phenoxy) is 1. The summed E-state index contributed by atoms with van der Waals surface area (Å²) in [5.74, 6) is 1.26. The van der Waals surface area contributed by atoms with Crippen molar-refractivity contribution in [3.05, 3.63) is 44.7 Å². The number of nitrogens with zero attached hydrogens (tertiary/aromatic N) is 12. The molecule has 0 aliphatic rings. The van der Waals surface area contributed by atoms with Crippen LogP contribution in [0.4, 0.5) is 65.9 Å². The smallest absolute Gasteiger partial charge is 0.0522 e. The first-order valence-electron chi connectivity index (χ1n) is 16.5. The molecule has 0 spiro atoms. The van der Waals surface area contributed by atoms with Crippen molar-refractivity contribution in [1.29, 1.82) is 0 Å². The molecular formula is C28H32B3BrCuF15N12O. The van der Waals surface area contributed by atoms with Crippen molar-refractivity contribution in [2.45, 2.75) is 112 Å². The minimum absolute atomic E-state index is 0.312. The van der Waals surface area contributed by atoms with E-state index in [0.29, 0.717) is 48.3 Å². The topological polar surface area (TPSA) is 168 Å². The largest absolute Gasteiger partial charge is 0.381 e. The van der Waals surface area contributed by atoms with Gasteiger partial charge in [-0.15, -0.1) is 26.2 Å². The molecule has 0 aliphatic heterocycles. The van der Waals surface area contributed by atoms with Gasteiger partial charge in [-0.3, -0.25) is 0 Å². The molecule has 0 aliphatic carbocycles. The number of terminal acetylenes is 1. The molecule has 0 saturated heterocycles. The zero-order valence-corrected chi connectivity index (χ0v) is 33.2. The molecule has 15 atom stereocenters. The molecule has 6 radical (unpaired) electrons. The van der Waals surface area contributed by atoms with Gasteiger partial charge in [0.2, 0.25) is 0 Å². The van der Waals surface area contributed by atoms with Gasteiger partial charge in [-0.25, -0.2) is 65.9 Å². The quantitative estimate of drug-likeness (QED) is 0.0202. The number of alkyl halides is 15. The van der Waals surface area contributed by atoms with E-state index in [1.165, 1.54) is 5.92 Å². The van der Waals surface area contributed by atoms with E-state index >= 15 is 0 Å². The van der Waals surface area contributed by atoms with E-state index in [9.17, 15) is 65.9 Å². The molecule has 2 rings (SSSR count). The zero-order valence-electron chi connectivity index (χ0n) is 30.7. The van der Waals surface area contributed by atoms with Crippen molar-refractivity contribution >= 4 is 37.6 Å². The molecule has 0 saturated carbocycles. The van der Waals surface area contributed by atoms with E-state index in [1.807, 2.05) is 0 Å². The molecule has 0 N–H and O–H groups in total. The Hall–Kier alpha value is -3.44. The van der Waals surface area contributed by atoms with Crippen LogP contribution in [-0.2, 0) is 18.9 Å². The molecule has 33 heteroatoms. The van der Waals surface area contributed by atoms with Gasteiger partial charge in [-0.1, -0.05) is 35.1 Å². The van der Waals surface area contributed by atoms with Gasteiger partial charge in [0.15, 0.2) is 74.1 Å². The van der Waals surface area contributed by atoms with Gasteiger partial charge in [0.05, 0.1) is 49.1 Å². The summed E-state index contributed by atoms with van der Waals surface area (Å²) >= 11 is 6.50. The normalized spacial score (nSPS) is 18.3. The first-order chi connectivity index (χ1) is 28.8. The summed E-state index contributed by atoms with van der Waals surface area (Å²) in [5, 5.41) is 19.3. The third-order valence-corrected chi connectivity index (χ3v) is 7.11. The van der Waals surface area contributed by atoms with Crippen LogP contribution in [0.3, 0.4) is 0 Å². The Morgan fingerprint density at radius 3 is 1.20 bits per heavy atom. The maximum absolute atomic E-state index is 14.2. The van der Waals surface area contributed by atoms with Gasteiger partial charge >= 0.3 is 28.3 Å². The first kappa shape index (κ1) is 59.7. The van der Waals surface area contributed by atoms with Gasteiger partial charge in [0.25, 0.3) is 0 Å². The molecule has 2 heterocycles. The van der Waals surface area contributed by atoms with Crippen molar-refractivity contribution in [3.8, 4) is 12.3 Å². The molecule has 0 aromatic carbocycles. The van der Waals surface area contributed by atoms with Crippen LogP contribution in [0.2, 0.25) is 19.0 Å². The van der Waals surface area contributed by atoms with Crippen LogP contribution in [0, 0.1) is 12.3 Å². The molecule has 15 unspecified atom stereocenters. The summed E-state index contributed by atoms with van der Waals surface area (Å²) in [6, 6.07) is 0. The second kappa shape index (κ2) is 33.2. The standard InChI is InChI=1S/C16H16B2F10N6.C8H8BF5.C4H8N6O.BrH.Cu/c17-1-5(19)9(21)13(25)15(27)11(23)7-3-33(31-29-7)34-4-8(30-32-34)12(24)16(28)14(26)10(22)6(20)2-18;1-2-4(10)6(12)8(14)7(13)5(11)3-9;5-9-7-1-3-11-4-2-8-10-6;;/h3-6,9-16H,1-2H2;1,4-8H,3H2;1-4H2;1H;/q;;;;+1/p-1. The van der Waals surface area contributed by atoms with Gasteiger partial charge in [-0.05, 0) is 21.5 Å². The van der Waals surface area contributed by atoms with E-state index < -0.39 is 123 Å². The van der Waals surface area contributed by atoms with Crippen molar-refractivity contribution < 1.29 is 84.8 Å². The first-order valence-corrected chi connectivity index (χ1v) is 18.9. The molecule has 342 valence electrons. The average molecular weight is 1010 g/mol. The van der Waals surface area contributed by atoms with E-state index in [4.69, 9.17) is 31.5 Å². The Balaban J connectivity index is 0. The second-order valence-electron chi connectivity index (χ2n) is 11.3. The molecule has 2 aromatic heterocycles. The van der Waals surface area contributed by atoms with Crippen LogP contribution < -0.4 is 0 Å². The third-order valence-electron chi connectivity index (χ3n) is 7.11. The van der Waals surface area contributed by atoms with E-state index in [1.54, 1.807) is 0 Å². The molecular weight excluding hydrogens is 981 g/mol. The molecule has 0 fully saturated rings. The monoisotopic (exact) mass is 1010 g/mol. The van der Waals surface area contributed by atoms with Crippen molar-refractivity contribution in [2.75, 3.05) is 26.3 Å². The predicted octanol–water partition coefficient (Wildman–Crippen LogP) is 7.44. The SMILES string of the molecule is [B]CC(F)C(F)C(F)C(F)C(F)C#C.[B]CC(F)C(F)C(F)C(F)C(F)c1cn(-n2cc(C(F)C(F)C(F)C(F)C(F)C[B])nn2)nn1.[Cu][Br].[N-]=[N+]=NCCOCCN=[N+]=[N-]. The Labute approximate surface area is 357 Å². The summed E-state index contributed by atoms with van der Waals surface area (Å²) in [4.78, 5) is 6.01. The van der Waals surface area contributed by atoms with Crippen LogP contribution in [-0.4, -0.2) is 160 Å². The second-order valence-corrected chi connectivity index (χ2v) is 11.3. The molecule has 2 aromatic rings. The van der Waals surface area contributed by atoms with Gasteiger partial charge in [-0.2, -0.15) is 0 Å². The summed E-state index contributed by atoms with van der Waals surface area (Å²) in [7, 11) is 14.3. The van der Waals surface area contributed by atoms with Crippen LogP contribution in [0.15, 0.2) is 22.6 Å². The van der Waals surface area contributed by atoms with Gasteiger partial charge < -0.3 is 4.74 Å². The number of hydrogen-bond acceptors (Lipinski definition) is 7. The number of rotatable bonds is 24. The van der Waals surface area contributed by atoms with Crippen molar-refractivity contribution in [2.24, 2.45) is 10.2 Å². The fourth-order valence-corrected chi connectivity index (χ4v) is 3.81. The molecule has 0 amide bonds. The van der Waals surface area contributed by atoms with E-state index in [0.717, 1.165) is 0 Å². The predicted molar refractivity (Wildman–Crippen MR) is 190 cm³/mol. The number of aromatic nitrogens is 6. The Morgan fingerprint density at radius 1 is 0.607 bits per heavy atom. The summed E-state index contributed by atoms with van der Waals surface area (Å²) in [6.45, 7) is 1.36. The Morgan fingerprint density at radius 2 is 0.918 bits per heavy atom. The number of hydrogen-bond donors (Lipinski definition) is 0. The van der Waals surface area contributed by atoms with Crippen LogP contribution in [0.5, 0.6) is 0 Å². The Bertz CT molecular complexity index is 1520. The fourth-order valence-electron chi connectivity index (χ4n) is 3.81. The zero-order chi connectivity index (χ0) is 47.4. The maximum atomic E-state index is 14.2. The average Bonchev–Trinajstić information content (AvgIpc) is 4.00. The van der Waals surface area contributed by atoms with Crippen molar-refractivity contribution in [1.82, 2.24) is 30.2 Å². The fraction of sp³-hybridized carbons (Fsp3) is 0.786. The van der Waals surface area contributed by atoms with E-state index in [-0.39, 0.29) is 0 Å². The molecule has 61 heavy (non-hydrogen) atoms. The molecule has 0 bridgehead atoms. The van der Waals surface area contributed by atoms with Crippen LogP contribution in [0.25, 0.3) is 20.9 Å². The summed E-state index contributed by atoms with van der Waals surface area (Å²) < 4.78 is 204. The van der Waals surface area contributed by atoms with Crippen LogP contribution in [0.1, 0.15) is 23.7 Å². The number of azide groups is 2. The third kappa shape index (κ3) is 20.5. The van der Waals surface area contributed by atoms with E-state index in [2.05, 4.69) is 83.3 Å². The summed E-state index contributed by atoms with van der Waals surface area (Å²) in [5.41, 5.74) is 13.9. The van der Waals surface area contributed by atoms with Crippen LogP contribution >= 0.6 is 14.1 Å². The van der Waals surface area contributed by atoms with Gasteiger partial charge in [0.1, 0.15) is 29.9 Å². The minimum Gasteiger partial charge on any atom is -0.381 e. The van der Waals surface area contributed by atoms with Gasteiger partial charge in [0, 0.05) is 22.9 Å². The summed E-state index contributed by atoms with van der Waals surface area (Å²) in [6.07, 6.45) is -40.7. The minimum atomic E-state index is -3.23. The maximum Gasteiger partial charge on any atom is 0.0522 e. The molecule has 13 nitrogen and oxygen atoms in total. The van der Waals surface area contributed by atoms with Crippen molar-refractivity contribution in [3.63, 3.8) is 0 Å². The number of halogens is 16. The Kier molecular flexibility index (Phi) is 32.4.